The molecule has 32 heavy (non-hydrogen) atoms. The van der Waals surface area contributed by atoms with Gasteiger partial charge in [-0.1, -0.05) is 12.2 Å². The smallest absolute Gasteiger partial charge is 0.338 e. The van der Waals surface area contributed by atoms with E-state index < -0.39 is 54.4 Å². The van der Waals surface area contributed by atoms with Crippen molar-refractivity contribution in [3.05, 3.63) is 81.6 Å². The van der Waals surface area contributed by atoms with Gasteiger partial charge in [-0.05, 0) is 35.5 Å². The lowest BCUT2D eigenvalue weighted by Crippen LogP contribution is -2.39. The standard InChI is InChI=1S/C21H18F6N4O/c1-3-4-5-15(28-2)16(8-12-6-13(22)9-14(23)7-12)29-19(32)11-31-18(21(26)27)10-17(30-31)20(24)25/h2-7,9-10,16,20-21H,8,11H2,1H3/p+1. The Morgan fingerprint density at radius 1 is 1.16 bits per heavy atom. The molecular formula is C21H19F6N4O+. The van der Waals surface area contributed by atoms with E-state index in [1.165, 1.54) is 6.08 Å². The van der Waals surface area contributed by atoms with Gasteiger partial charge < -0.3 is 5.32 Å². The summed E-state index contributed by atoms with van der Waals surface area (Å²) in [7, 11) is 0. The lowest BCUT2D eigenvalue weighted by Gasteiger charge is -2.15. The SMILES string of the molecule is C#[N+]C(=CC=CC)C(Cc1cc(F)cc(F)c1)NC(=O)Cn1nc(C(F)F)cc1C(F)F. The molecular weight excluding hydrogens is 438 g/mol. The van der Waals surface area contributed by atoms with E-state index >= 15 is 0 Å². The second-order valence-electron chi connectivity index (χ2n) is 6.60. The highest BCUT2D eigenvalue weighted by Gasteiger charge is 2.27. The van der Waals surface area contributed by atoms with E-state index in [9.17, 15) is 31.1 Å². The second-order valence-corrected chi connectivity index (χ2v) is 6.60. The lowest BCUT2D eigenvalue weighted by atomic mass is 10.0. The average Bonchev–Trinajstić information content (AvgIpc) is 3.12. The molecule has 5 nitrogen and oxygen atoms in total. The number of nitrogens with zero attached hydrogens (tertiary/aromatic N) is 3. The first-order valence-corrected chi connectivity index (χ1v) is 9.26. The van der Waals surface area contributed by atoms with Crippen molar-refractivity contribution in [3.8, 4) is 6.57 Å². The number of carbonyl (C=O) groups is 1. The molecule has 1 atom stereocenters. The average molecular weight is 457 g/mol. The number of rotatable bonds is 9. The van der Waals surface area contributed by atoms with E-state index in [0.29, 0.717) is 16.8 Å². The molecule has 0 saturated heterocycles. The number of nitrogens with one attached hydrogen (secondary N) is 1. The van der Waals surface area contributed by atoms with Crippen LogP contribution in [0.15, 0.2) is 48.2 Å². The summed E-state index contributed by atoms with van der Waals surface area (Å²) < 4.78 is 79.5. The van der Waals surface area contributed by atoms with Crippen molar-refractivity contribution in [2.45, 2.75) is 38.8 Å². The zero-order valence-electron chi connectivity index (χ0n) is 16.8. The molecule has 1 heterocycles. The Hall–Kier alpha value is -3.55. The molecule has 0 saturated carbocycles. The van der Waals surface area contributed by atoms with Crippen LogP contribution < -0.4 is 5.32 Å². The molecule has 0 fully saturated rings. The number of hydrogen-bond donors (Lipinski definition) is 1. The number of amides is 1. The Labute approximate surface area is 179 Å². The molecule has 0 aliphatic heterocycles. The number of allylic oxidation sites excluding steroid dienone is 3. The van der Waals surface area contributed by atoms with Crippen LogP contribution in [-0.2, 0) is 17.8 Å². The summed E-state index contributed by atoms with van der Waals surface area (Å²) in [5.41, 5.74) is -1.47. The molecule has 1 amide bonds. The van der Waals surface area contributed by atoms with Crippen LogP contribution in [-0.4, -0.2) is 21.7 Å². The Morgan fingerprint density at radius 2 is 1.81 bits per heavy atom. The van der Waals surface area contributed by atoms with Crippen LogP contribution in [0.4, 0.5) is 26.3 Å². The quantitative estimate of drug-likeness (QED) is 0.417. The van der Waals surface area contributed by atoms with Gasteiger partial charge in [0.2, 0.25) is 5.91 Å². The molecule has 0 bridgehead atoms. The van der Waals surface area contributed by atoms with Gasteiger partial charge in [0.05, 0.1) is 0 Å². The van der Waals surface area contributed by atoms with Gasteiger partial charge in [-0.3, -0.25) is 9.48 Å². The predicted octanol–water partition coefficient (Wildman–Crippen LogP) is 5.19. The van der Waals surface area contributed by atoms with Gasteiger partial charge in [-0.15, -0.1) is 0 Å². The maximum atomic E-state index is 13.6. The number of benzene rings is 1. The summed E-state index contributed by atoms with van der Waals surface area (Å²) >= 11 is 0. The summed E-state index contributed by atoms with van der Waals surface area (Å²) in [6.07, 6.45) is -1.76. The number of aromatic nitrogens is 2. The van der Waals surface area contributed by atoms with E-state index in [1.807, 2.05) is 0 Å². The van der Waals surface area contributed by atoms with Crippen molar-refractivity contribution in [3.63, 3.8) is 0 Å². The molecule has 1 aromatic carbocycles. The number of hydrogen-bond acceptors (Lipinski definition) is 2. The van der Waals surface area contributed by atoms with Gasteiger partial charge in [-0.2, -0.15) is 5.10 Å². The normalized spacial score (nSPS) is 13.1. The third kappa shape index (κ3) is 6.73. The van der Waals surface area contributed by atoms with Crippen molar-refractivity contribution >= 4 is 5.91 Å². The summed E-state index contributed by atoms with van der Waals surface area (Å²) in [5, 5.41) is 5.82. The largest absolute Gasteiger partial charge is 0.340 e. The fourth-order valence-electron chi connectivity index (χ4n) is 2.87. The summed E-state index contributed by atoms with van der Waals surface area (Å²) in [4.78, 5) is 16.1. The first kappa shape index (κ1) is 24.7. The molecule has 1 N–H and O–H groups in total. The van der Waals surface area contributed by atoms with Crippen LogP contribution in [0, 0.1) is 18.2 Å². The minimum atomic E-state index is -3.14. The highest BCUT2D eigenvalue weighted by molar-refractivity contribution is 5.76. The van der Waals surface area contributed by atoms with Gasteiger partial charge in [0.1, 0.15) is 35.6 Å². The molecule has 0 aliphatic carbocycles. The topological polar surface area (TPSA) is 51.3 Å². The summed E-state index contributed by atoms with van der Waals surface area (Å²) in [6, 6.07) is 2.27. The van der Waals surface area contributed by atoms with Crippen LogP contribution >= 0.6 is 0 Å². The first-order chi connectivity index (χ1) is 15.1. The van der Waals surface area contributed by atoms with E-state index in [-0.39, 0.29) is 17.7 Å². The zero-order valence-corrected chi connectivity index (χ0v) is 16.8. The number of alkyl halides is 4. The van der Waals surface area contributed by atoms with E-state index in [0.717, 1.165) is 12.1 Å². The monoisotopic (exact) mass is 457 g/mol. The lowest BCUT2D eigenvalue weighted by molar-refractivity contribution is -0.122. The molecule has 2 aromatic rings. The molecule has 11 heteroatoms. The van der Waals surface area contributed by atoms with E-state index in [2.05, 4.69) is 15.3 Å². The van der Waals surface area contributed by atoms with Gasteiger partial charge >= 0.3 is 5.70 Å². The Kier molecular flexibility index (Phi) is 8.63. The summed E-state index contributed by atoms with van der Waals surface area (Å²) in [5.74, 6) is -2.56. The number of carbonyl (C=O) groups excluding carboxylic acids is 1. The fourth-order valence-corrected chi connectivity index (χ4v) is 2.87. The third-order valence-electron chi connectivity index (χ3n) is 4.23. The van der Waals surface area contributed by atoms with Crippen molar-refractivity contribution in [1.82, 2.24) is 15.1 Å². The maximum Gasteiger partial charge on any atom is 0.338 e. The minimum absolute atomic E-state index is 0.115. The molecule has 0 spiro atoms. The zero-order chi connectivity index (χ0) is 23.8. The van der Waals surface area contributed by atoms with Crippen LogP contribution in [0.5, 0.6) is 0 Å². The van der Waals surface area contributed by atoms with E-state index in [4.69, 9.17) is 6.57 Å². The molecule has 2 rings (SSSR count). The molecule has 1 aromatic heterocycles. The van der Waals surface area contributed by atoms with Gasteiger partial charge in [-0.25, -0.2) is 26.3 Å². The highest BCUT2D eigenvalue weighted by Crippen LogP contribution is 2.25. The van der Waals surface area contributed by atoms with Crippen LogP contribution in [0.2, 0.25) is 0 Å². The van der Waals surface area contributed by atoms with Crippen molar-refractivity contribution in [2.24, 2.45) is 0 Å². The van der Waals surface area contributed by atoms with Gasteiger partial charge in [0.15, 0.2) is 0 Å². The molecule has 0 radical (unpaired) electrons. The van der Waals surface area contributed by atoms with Crippen LogP contribution in [0.1, 0.15) is 36.7 Å². The van der Waals surface area contributed by atoms with Crippen molar-refractivity contribution < 1.29 is 31.1 Å². The predicted molar refractivity (Wildman–Crippen MR) is 105 cm³/mol. The fraction of sp³-hybridized carbons (Fsp3) is 0.286. The Balaban J connectivity index is 2.31. The second kappa shape index (κ2) is 11.2. The first-order valence-electron chi connectivity index (χ1n) is 9.26. The van der Waals surface area contributed by atoms with Crippen LogP contribution in [0.25, 0.3) is 4.85 Å². The van der Waals surface area contributed by atoms with Crippen molar-refractivity contribution in [1.29, 1.82) is 0 Å². The third-order valence-corrected chi connectivity index (χ3v) is 4.23. The van der Waals surface area contributed by atoms with Gasteiger partial charge in [0.25, 0.3) is 19.4 Å². The maximum absolute atomic E-state index is 13.6. The Bertz CT molecular complexity index is 1030. The molecule has 1 unspecified atom stereocenters. The van der Waals surface area contributed by atoms with Crippen LogP contribution in [0.3, 0.4) is 0 Å². The molecule has 170 valence electrons. The van der Waals surface area contributed by atoms with Crippen molar-refractivity contribution in [2.75, 3.05) is 0 Å². The molecule has 0 aliphatic rings. The highest BCUT2D eigenvalue weighted by atomic mass is 19.3. The minimum Gasteiger partial charge on any atom is -0.340 e. The van der Waals surface area contributed by atoms with E-state index in [1.54, 1.807) is 19.1 Å². The summed E-state index contributed by atoms with van der Waals surface area (Å²) in [6.45, 7) is 6.28. The number of halogens is 6. The van der Waals surface area contributed by atoms with Gasteiger partial charge in [0, 0.05) is 18.6 Å². The Morgan fingerprint density at radius 3 is 2.34 bits per heavy atom.